The monoisotopic (exact) mass is 149 g/mol. The highest BCUT2D eigenvalue weighted by molar-refractivity contribution is 5.73. The van der Waals surface area contributed by atoms with Crippen LogP contribution in [0.25, 0.3) is 0 Å². The Bertz CT molecular complexity index is 101. The van der Waals surface area contributed by atoms with E-state index in [2.05, 4.69) is 5.32 Å². The Balaban J connectivity index is 0. The van der Waals surface area contributed by atoms with Gasteiger partial charge in [0.1, 0.15) is 6.04 Å². The maximum absolute atomic E-state index is 10.1. The van der Waals surface area contributed by atoms with Crippen molar-refractivity contribution in [1.82, 2.24) is 17.6 Å². The first-order chi connectivity index (χ1) is 3.80. The summed E-state index contributed by atoms with van der Waals surface area (Å²) < 4.78 is 0. The van der Waals surface area contributed by atoms with E-state index in [-0.39, 0.29) is 18.3 Å². The highest BCUT2D eigenvalue weighted by Crippen LogP contribution is 2.03. The van der Waals surface area contributed by atoms with E-state index in [1.54, 1.807) is 0 Å². The van der Waals surface area contributed by atoms with Gasteiger partial charge < -0.3 is 22.7 Å². The van der Waals surface area contributed by atoms with Gasteiger partial charge >= 0.3 is 5.97 Å². The molecule has 0 amide bonds. The molecule has 5 heteroatoms. The maximum atomic E-state index is 10.1. The smallest absolute Gasteiger partial charge is 0.320 e. The van der Waals surface area contributed by atoms with Gasteiger partial charge in [0.25, 0.3) is 0 Å². The third-order valence-corrected chi connectivity index (χ3v) is 1.36. The first-order valence-electron chi connectivity index (χ1n) is 2.77. The second kappa shape index (κ2) is 5.16. The van der Waals surface area contributed by atoms with Crippen molar-refractivity contribution in [2.45, 2.75) is 18.9 Å². The fourth-order valence-corrected chi connectivity index (χ4v) is 0.895. The minimum absolute atomic E-state index is 0. The molecule has 10 heavy (non-hydrogen) atoms. The van der Waals surface area contributed by atoms with Gasteiger partial charge in [0, 0.05) is 0 Å². The molecule has 8 N–H and O–H groups in total. The third kappa shape index (κ3) is 2.77. The van der Waals surface area contributed by atoms with Crippen molar-refractivity contribution >= 4 is 5.97 Å². The summed E-state index contributed by atoms with van der Waals surface area (Å²) in [6.07, 6.45) is 1.78. The minimum Gasteiger partial charge on any atom is -0.480 e. The van der Waals surface area contributed by atoms with E-state index in [1.165, 1.54) is 0 Å². The molecule has 1 aliphatic heterocycles. The zero-order valence-corrected chi connectivity index (χ0v) is 5.97. The van der Waals surface area contributed by atoms with Crippen LogP contribution in [0.15, 0.2) is 0 Å². The molecule has 0 spiro atoms. The van der Waals surface area contributed by atoms with E-state index < -0.39 is 5.97 Å². The van der Waals surface area contributed by atoms with Gasteiger partial charge in [0.15, 0.2) is 0 Å². The Hall–Kier alpha value is -0.650. The summed E-state index contributed by atoms with van der Waals surface area (Å²) in [5, 5.41) is 11.2. The summed E-state index contributed by atoms with van der Waals surface area (Å²) in [6, 6.07) is -0.269. The molecule has 0 aromatic carbocycles. The SMILES string of the molecule is N.N.O=C(O)[C@@H]1CCCN1. The topological polar surface area (TPSA) is 119 Å². The molecule has 1 saturated heterocycles. The second-order valence-corrected chi connectivity index (χ2v) is 1.99. The number of nitrogens with one attached hydrogen (secondary N) is 1. The van der Waals surface area contributed by atoms with Crippen LogP contribution >= 0.6 is 0 Å². The van der Waals surface area contributed by atoms with Gasteiger partial charge in [-0.25, -0.2) is 0 Å². The summed E-state index contributed by atoms with van der Waals surface area (Å²) in [5.74, 6) is -0.720. The zero-order valence-electron chi connectivity index (χ0n) is 5.97. The van der Waals surface area contributed by atoms with Gasteiger partial charge in [0.05, 0.1) is 0 Å². The molecular formula is C5H15N3O2. The molecule has 1 fully saturated rings. The lowest BCUT2D eigenvalue weighted by Gasteiger charge is -1.99. The summed E-state index contributed by atoms with van der Waals surface area (Å²) >= 11 is 0. The van der Waals surface area contributed by atoms with Crippen LogP contribution in [0.5, 0.6) is 0 Å². The number of aliphatic carboxylic acids is 1. The van der Waals surface area contributed by atoms with Crippen LogP contribution in [0.4, 0.5) is 0 Å². The van der Waals surface area contributed by atoms with E-state index in [0.29, 0.717) is 0 Å². The van der Waals surface area contributed by atoms with Crippen molar-refractivity contribution < 1.29 is 9.90 Å². The van der Waals surface area contributed by atoms with E-state index >= 15 is 0 Å². The van der Waals surface area contributed by atoms with Crippen molar-refractivity contribution in [3.8, 4) is 0 Å². The van der Waals surface area contributed by atoms with Crippen molar-refractivity contribution in [2.24, 2.45) is 0 Å². The molecular weight excluding hydrogens is 134 g/mol. The maximum Gasteiger partial charge on any atom is 0.320 e. The molecule has 0 unspecified atom stereocenters. The number of carboxylic acid groups (broad SMARTS) is 1. The Morgan fingerprint density at radius 3 is 2.30 bits per heavy atom. The average Bonchev–Trinajstić information content (AvgIpc) is 2.12. The van der Waals surface area contributed by atoms with Gasteiger partial charge in [-0.2, -0.15) is 0 Å². The highest BCUT2D eigenvalue weighted by atomic mass is 16.4. The minimum atomic E-state index is -0.720. The van der Waals surface area contributed by atoms with Crippen LogP contribution in [0, 0.1) is 0 Å². The molecule has 0 aromatic heterocycles. The molecule has 1 rings (SSSR count). The van der Waals surface area contributed by atoms with Crippen LogP contribution < -0.4 is 17.6 Å². The standard InChI is InChI=1S/C5H9NO2.2H3N/c7-5(8)4-2-1-3-6-4;;/h4,6H,1-3H2,(H,7,8);2*1H3/t4-;;/m0../s1. The summed E-state index contributed by atoms with van der Waals surface area (Å²) in [4.78, 5) is 10.1. The van der Waals surface area contributed by atoms with E-state index in [1.807, 2.05) is 0 Å². The lowest BCUT2D eigenvalue weighted by Crippen LogP contribution is -2.29. The van der Waals surface area contributed by atoms with Crippen LogP contribution in [0.3, 0.4) is 0 Å². The highest BCUT2D eigenvalue weighted by Gasteiger charge is 2.20. The molecule has 1 atom stereocenters. The zero-order chi connectivity index (χ0) is 5.98. The van der Waals surface area contributed by atoms with Crippen LogP contribution in [-0.4, -0.2) is 23.7 Å². The summed E-state index contributed by atoms with van der Waals surface area (Å²) in [6.45, 7) is 0.858. The summed E-state index contributed by atoms with van der Waals surface area (Å²) in [5.41, 5.74) is 0. The first kappa shape index (κ1) is 12.1. The Labute approximate surface area is 60.0 Å². The van der Waals surface area contributed by atoms with E-state index in [0.717, 1.165) is 19.4 Å². The first-order valence-corrected chi connectivity index (χ1v) is 2.77. The Morgan fingerprint density at radius 2 is 2.10 bits per heavy atom. The van der Waals surface area contributed by atoms with Gasteiger partial charge in [-0.3, -0.25) is 4.79 Å². The normalized spacial score (nSPS) is 22.6. The molecule has 1 heterocycles. The van der Waals surface area contributed by atoms with Gasteiger partial charge in [0.2, 0.25) is 0 Å². The molecule has 0 aromatic rings. The predicted molar refractivity (Wildman–Crippen MR) is 38.7 cm³/mol. The van der Waals surface area contributed by atoms with Crippen LogP contribution in [0.2, 0.25) is 0 Å². The molecule has 62 valence electrons. The quantitative estimate of drug-likeness (QED) is 0.423. The van der Waals surface area contributed by atoms with Gasteiger partial charge in [-0.15, -0.1) is 0 Å². The summed E-state index contributed by atoms with van der Waals surface area (Å²) in [7, 11) is 0. The molecule has 0 saturated carbocycles. The number of carboxylic acids is 1. The molecule has 5 nitrogen and oxygen atoms in total. The third-order valence-electron chi connectivity index (χ3n) is 1.36. The average molecular weight is 149 g/mol. The van der Waals surface area contributed by atoms with Gasteiger partial charge in [-0.05, 0) is 19.4 Å². The van der Waals surface area contributed by atoms with Crippen molar-refractivity contribution in [1.29, 1.82) is 0 Å². The van der Waals surface area contributed by atoms with Crippen molar-refractivity contribution in [3.63, 3.8) is 0 Å². The van der Waals surface area contributed by atoms with Crippen molar-refractivity contribution in [3.05, 3.63) is 0 Å². The predicted octanol–water partition coefficient (Wildman–Crippen LogP) is 0.147. The lowest BCUT2D eigenvalue weighted by atomic mass is 10.2. The molecule has 0 radical (unpaired) electrons. The lowest BCUT2D eigenvalue weighted by molar-refractivity contribution is -0.139. The van der Waals surface area contributed by atoms with Crippen LogP contribution in [0.1, 0.15) is 12.8 Å². The molecule has 1 aliphatic rings. The second-order valence-electron chi connectivity index (χ2n) is 1.99. The van der Waals surface area contributed by atoms with Crippen LogP contribution in [-0.2, 0) is 4.79 Å². The largest absolute Gasteiger partial charge is 0.480 e. The molecule has 0 bridgehead atoms. The van der Waals surface area contributed by atoms with Crippen molar-refractivity contribution in [2.75, 3.05) is 6.54 Å². The number of hydrogen-bond donors (Lipinski definition) is 4. The van der Waals surface area contributed by atoms with E-state index in [4.69, 9.17) is 5.11 Å². The Kier molecular flexibility index (Phi) is 6.23. The van der Waals surface area contributed by atoms with Gasteiger partial charge in [-0.1, -0.05) is 0 Å². The number of rotatable bonds is 1. The Morgan fingerprint density at radius 1 is 1.50 bits per heavy atom. The fourth-order valence-electron chi connectivity index (χ4n) is 0.895. The number of carbonyl (C=O) groups is 1. The van der Waals surface area contributed by atoms with E-state index in [9.17, 15) is 4.79 Å². The molecule has 0 aliphatic carbocycles. The number of hydrogen-bond acceptors (Lipinski definition) is 4. The fraction of sp³-hybridized carbons (Fsp3) is 0.800.